The molecule has 0 aromatic carbocycles. The molecule has 11 heavy (non-hydrogen) atoms. The average molecular weight is 154 g/mol. The Balaban J connectivity index is 2.12. The van der Waals surface area contributed by atoms with Crippen LogP contribution in [0, 0.1) is 11.3 Å². The SMILES string of the molecule is CCCCC1CC1(C)CCC. The van der Waals surface area contributed by atoms with Gasteiger partial charge in [0.2, 0.25) is 0 Å². The Morgan fingerprint density at radius 1 is 1.27 bits per heavy atom. The van der Waals surface area contributed by atoms with Crippen LogP contribution in [0.4, 0.5) is 0 Å². The minimum absolute atomic E-state index is 0.768. The molecule has 1 fully saturated rings. The maximum atomic E-state index is 2.47. The van der Waals surface area contributed by atoms with Gasteiger partial charge in [0.15, 0.2) is 0 Å². The molecule has 66 valence electrons. The van der Waals surface area contributed by atoms with E-state index in [9.17, 15) is 0 Å². The first-order valence-corrected chi connectivity index (χ1v) is 5.23. The maximum absolute atomic E-state index is 2.47. The van der Waals surface area contributed by atoms with Gasteiger partial charge in [0.1, 0.15) is 0 Å². The first-order valence-electron chi connectivity index (χ1n) is 5.23. The van der Waals surface area contributed by atoms with E-state index in [4.69, 9.17) is 0 Å². The highest BCUT2D eigenvalue weighted by Gasteiger charge is 2.47. The Kier molecular flexibility index (Phi) is 2.98. The normalized spacial score (nSPS) is 35.7. The lowest BCUT2D eigenvalue weighted by Crippen LogP contribution is -1.96. The van der Waals surface area contributed by atoms with Gasteiger partial charge in [-0.25, -0.2) is 0 Å². The van der Waals surface area contributed by atoms with Crippen LogP contribution in [0.1, 0.15) is 59.3 Å². The Labute approximate surface area is 71.4 Å². The number of hydrogen-bond acceptors (Lipinski definition) is 0. The molecule has 0 N–H and O–H groups in total. The minimum Gasteiger partial charge on any atom is -0.0654 e. The molecule has 0 nitrogen and oxygen atoms in total. The summed E-state index contributed by atoms with van der Waals surface area (Å²) in [5.41, 5.74) is 0.768. The Morgan fingerprint density at radius 3 is 2.55 bits per heavy atom. The van der Waals surface area contributed by atoms with Crippen molar-refractivity contribution >= 4 is 0 Å². The standard InChI is InChI=1S/C11H22/c1-4-6-7-10-9-11(10,3)8-5-2/h10H,4-9H2,1-3H3. The molecule has 0 radical (unpaired) electrons. The third-order valence-corrected chi connectivity index (χ3v) is 3.27. The molecule has 0 bridgehead atoms. The van der Waals surface area contributed by atoms with Crippen LogP contribution in [0.3, 0.4) is 0 Å². The van der Waals surface area contributed by atoms with Crippen molar-refractivity contribution in [2.75, 3.05) is 0 Å². The first kappa shape index (κ1) is 9.09. The third kappa shape index (κ3) is 2.21. The van der Waals surface area contributed by atoms with Crippen molar-refractivity contribution < 1.29 is 0 Å². The number of hydrogen-bond donors (Lipinski definition) is 0. The molecule has 1 rings (SSSR count). The second kappa shape index (κ2) is 3.60. The molecular formula is C11H22. The van der Waals surface area contributed by atoms with E-state index < -0.39 is 0 Å². The maximum Gasteiger partial charge on any atom is -0.0295 e. The van der Waals surface area contributed by atoms with Crippen molar-refractivity contribution in [3.8, 4) is 0 Å². The fraction of sp³-hybridized carbons (Fsp3) is 1.00. The van der Waals surface area contributed by atoms with Crippen LogP contribution in [0.25, 0.3) is 0 Å². The molecule has 1 aliphatic rings. The van der Waals surface area contributed by atoms with Crippen molar-refractivity contribution in [3.63, 3.8) is 0 Å². The molecule has 0 aliphatic heterocycles. The third-order valence-electron chi connectivity index (χ3n) is 3.27. The lowest BCUT2D eigenvalue weighted by atomic mass is 9.98. The van der Waals surface area contributed by atoms with Gasteiger partial charge < -0.3 is 0 Å². The minimum atomic E-state index is 0.768. The first-order chi connectivity index (χ1) is 5.23. The summed E-state index contributed by atoms with van der Waals surface area (Å²) in [4.78, 5) is 0. The highest BCUT2D eigenvalue weighted by atomic mass is 14.5. The van der Waals surface area contributed by atoms with Gasteiger partial charge in [-0.3, -0.25) is 0 Å². The monoisotopic (exact) mass is 154 g/mol. The van der Waals surface area contributed by atoms with Crippen LogP contribution in [-0.2, 0) is 0 Å². The van der Waals surface area contributed by atoms with Crippen molar-refractivity contribution in [1.82, 2.24) is 0 Å². The summed E-state index contributed by atoms with van der Waals surface area (Å²) in [6.07, 6.45) is 8.66. The molecule has 2 unspecified atom stereocenters. The topological polar surface area (TPSA) is 0 Å². The van der Waals surface area contributed by atoms with E-state index in [0.717, 1.165) is 11.3 Å². The summed E-state index contributed by atoms with van der Waals surface area (Å²) in [5, 5.41) is 0. The van der Waals surface area contributed by atoms with Gasteiger partial charge in [0, 0.05) is 0 Å². The molecule has 0 saturated heterocycles. The highest BCUT2D eigenvalue weighted by molar-refractivity contribution is 4.97. The van der Waals surface area contributed by atoms with Crippen molar-refractivity contribution in [2.24, 2.45) is 11.3 Å². The smallest absolute Gasteiger partial charge is 0.0295 e. The Bertz CT molecular complexity index is 117. The zero-order valence-electron chi connectivity index (χ0n) is 8.32. The van der Waals surface area contributed by atoms with Gasteiger partial charge in [-0.1, -0.05) is 40.0 Å². The largest absolute Gasteiger partial charge is 0.0654 e. The quantitative estimate of drug-likeness (QED) is 0.561. The van der Waals surface area contributed by atoms with Crippen LogP contribution in [0.2, 0.25) is 0 Å². The lowest BCUT2D eigenvalue weighted by Gasteiger charge is -2.08. The fourth-order valence-corrected chi connectivity index (χ4v) is 2.28. The summed E-state index contributed by atoms with van der Waals surface area (Å²) in [7, 11) is 0. The Hall–Kier alpha value is 0. The molecule has 0 heterocycles. The van der Waals surface area contributed by atoms with Crippen LogP contribution >= 0.6 is 0 Å². The van der Waals surface area contributed by atoms with Gasteiger partial charge in [0.25, 0.3) is 0 Å². The summed E-state index contributed by atoms with van der Waals surface area (Å²) in [5.74, 6) is 1.09. The van der Waals surface area contributed by atoms with Gasteiger partial charge in [-0.05, 0) is 30.6 Å². The molecule has 2 atom stereocenters. The van der Waals surface area contributed by atoms with Crippen LogP contribution in [0.5, 0.6) is 0 Å². The van der Waals surface area contributed by atoms with Crippen LogP contribution in [0.15, 0.2) is 0 Å². The second-order valence-electron chi connectivity index (χ2n) is 4.45. The molecule has 1 aliphatic carbocycles. The van der Waals surface area contributed by atoms with Crippen LogP contribution in [-0.4, -0.2) is 0 Å². The molecule has 1 saturated carbocycles. The molecule has 0 heteroatoms. The van der Waals surface area contributed by atoms with Gasteiger partial charge in [0.05, 0.1) is 0 Å². The zero-order chi connectivity index (χ0) is 8.32. The summed E-state index contributed by atoms with van der Waals surface area (Å²) in [6.45, 7) is 7.07. The second-order valence-corrected chi connectivity index (χ2v) is 4.45. The molecule has 0 aromatic heterocycles. The van der Waals surface area contributed by atoms with E-state index in [-0.39, 0.29) is 0 Å². The predicted octanol–water partition coefficient (Wildman–Crippen LogP) is 4.00. The van der Waals surface area contributed by atoms with Crippen LogP contribution < -0.4 is 0 Å². The molecule has 0 aromatic rings. The average Bonchev–Trinajstić information content (AvgIpc) is 2.58. The van der Waals surface area contributed by atoms with E-state index in [0.29, 0.717) is 0 Å². The van der Waals surface area contributed by atoms with E-state index in [1.54, 1.807) is 0 Å². The van der Waals surface area contributed by atoms with Crippen molar-refractivity contribution in [3.05, 3.63) is 0 Å². The predicted molar refractivity (Wildman–Crippen MR) is 50.6 cm³/mol. The zero-order valence-corrected chi connectivity index (χ0v) is 8.32. The van der Waals surface area contributed by atoms with E-state index in [1.807, 2.05) is 0 Å². The fourth-order valence-electron chi connectivity index (χ4n) is 2.28. The number of unbranched alkanes of at least 4 members (excludes halogenated alkanes) is 1. The lowest BCUT2D eigenvalue weighted by molar-refractivity contribution is 0.434. The van der Waals surface area contributed by atoms with E-state index in [2.05, 4.69) is 20.8 Å². The van der Waals surface area contributed by atoms with E-state index in [1.165, 1.54) is 38.5 Å². The summed E-state index contributed by atoms with van der Waals surface area (Å²) >= 11 is 0. The van der Waals surface area contributed by atoms with Crippen molar-refractivity contribution in [1.29, 1.82) is 0 Å². The molecular weight excluding hydrogens is 132 g/mol. The summed E-state index contributed by atoms with van der Waals surface area (Å²) < 4.78 is 0. The summed E-state index contributed by atoms with van der Waals surface area (Å²) in [6, 6.07) is 0. The highest BCUT2D eigenvalue weighted by Crippen LogP contribution is 2.57. The molecule has 0 spiro atoms. The van der Waals surface area contributed by atoms with Gasteiger partial charge >= 0.3 is 0 Å². The van der Waals surface area contributed by atoms with Crippen molar-refractivity contribution in [2.45, 2.75) is 59.3 Å². The van der Waals surface area contributed by atoms with Gasteiger partial charge in [-0.15, -0.1) is 0 Å². The number of rotatable bonds is 5. The van der Waals surface area contributed by atoms with E-state index >= 15 is 0 Å². The molecule has 0 amide bonds. The Morgan fingerprint density at radius 2 is 2.00 bits per heavy atom. The van der Waals surface area contributed by atoms with Gasteiger partial charge in [-0.2, -0.15) is 0 Å².